The molecule has 188 valence electrons. The maximum absolute atomic E-state index is 13.9. The van der Waals surface area contributed by atoms with Crippen molar-refractivity contribution in [2.75, 3.05) is 21.3 Å². The number of nitrogens with one attached hydrogen (secondary N) is 1. The van der Waals surface area contributed by atoms with Crippen LogP contribution in [0.4, 0.5) is 0 Å². The largest absolute Gasteiger partial charge is 0.497 e. The van der Waals surface area contributed by atoms with Crippen LogP contribution < -0.4 is 14.8 Å². The van der Waals surface area contributed by atoms with E-state index in [-0.39, 0.29) is 17.8 Å². The lowest BCUT2D eigenvalue weighted by atomic mass is 9.69. The standard InChI is InChI=1S/C27H33NO7/c1-14-12-19-24(25(29)21(14)26(30)34-5)23(18-13-17(32-3)10-11-20(18)33-4)22(15(2)28-19)27(31)35-16-8-6-7-9-16/h10-11,13-14,16,21,23,28H,6-9,12H2,1-5H3. The molecule has 1 aliphatic heterocycles. The summed E-state index contributed by atoms with van der Waals surface area (Å²) in [6, 6.07) is 5.28. The molecular weight excluding hydrogens is 450 g/mol. The van der Waals surface area contributed by atoms with E-state index in [1.807, 2.05) is 13.8 Å². The number of benzene rings is 1. The molecule has 2 aliphatic carbocycles. The molecule has 0 radical (unpaired) electrons. The zero-order valence-electron chi connectivity index (χ0n) is 20.9. The minimum absolute atomic E-state index is 0.143. The van der Waals surface area contributed by atoms with Crippen LogP contribution in [0.5, 0.6) is 11.5 Å². The highest BCUT2D eigenvalue weighted by Gasteiger charge is 2.48. The van der Waals surface area contributed by atoms with Crippen molar-refractivity contribution in [2.45, 2.75) is 58.0 Å². The maximum atomic E-state index is 13.9. The van der Waals surface area contributed by atoms with E-state index in [0.717, 1.165) is 25.7 Å². The number of ketones is 1. The molecule has 8 nitrogen and oxygen atoms in total. The molecule has 35 heavy (non-hydrogen) atoms. The van der Waals surface area contributed by atoms with E-state index >= 15 is 0 Å². The molecule has 3 unspecified atom stereocenters. The average molecular weight is 484 g/mol. The zero-order valence-corrected chi connectivity index (χ0v) is 20.9. The highest BCUT2D eigenvalue weighted by molar-refractivity contribution is 6.12. The number of carbonyl (C=O) groups excluding carboxylic acids is 3. The topological polar surface area (TPSA) is 100 Å². The van der Waals surface area contributed by atoms with E-state index in [0.29, 0.717) is 46.0 Å². The van der Waals surface area contributed by atoms with Crippen LogP contribution in [0.1, 0.15) is 57.4 Å². The predicted octanol–water partition coefficient (Wildman–Crippen LogP) is 3.80. The Morgan fingerprint density at radius 3 is 2.40 bits per heavy atom. The van der Waals surface area contributed by atoms with Gasteiger partial charge in [0.1, 0.15) is 23.5 Å². The molecule has 0 bridgehead atoms. The molecule has 4 rings (SSSR count). The van der Waals surface area contributed by atoms with Gasteiger partial charge < -0.3 is 24.3 Å². The second kappa shape index (κ2) is 10.1. The number of ether oxygens (including phenoxy) is 4. The number of rotatable bonds is 6. The van der Waals surface area contributed by atoms with E-state index in [1.165, 1.54) is 14.2 Å². The minimum atomic E-state index is -0.954. The van der Waals surface area contributed by atoms with E-state index in [2.05, 4.69) is 5.32 Å². The van der Waals surface area contributed by atoms with Crippen LogP contribution in [-0.4, -0.2) is 45.2 Å². The van der Waals surface area contributed by atoms with Crippen molar-refractivity contribution < 1.29 is 33.3 Å². The van der Waals surface area contributed by atoms with E-state index < -0.39 is 23.8 Å². The summed E-state index contributed by atoms with van der Waals surface area (Å²) in [6.07, 6.45) is 4.02. The summed E-state index contributed by atoms with van der Waals surface area (Å²) in [4.78, 5) is 40.1. The number of Topliss-reactive ketones (excluding diaryl/α,β-unsaturated/α-hetero) is 1. The van der Waals surface area contributed by atoms with Crippen molar-refractivity contribution in [3.63, 3.8) is 0 Å². The van der Waals surface area contributed by atoms with Gasteiger partial charge in [0.25, 0.3) is 0 Å². The fourth-order valence-corrected chi connectivity index (χ4v) is 5.55. The van der Waals surface area contributed by atoms with Crippen molar-refractivity contribution in [2.24, 2.45) is 11.8 Å². The Labute approximate surface area is 205 Å². The monoisotopic (exact) mass is 483 g/mol. The van der Waals surface area contributed by atoms with Crippen LogP contribution in [-0.2, 0) is 23.9 Å². The van der Waals surface area contributed by atoms with Gasteiger partial charge in [0.15, 0.2) is 5.78 Å². The second-order valence-corrected chi connectivity index (χ2v) is 9.46. The van der Waals surface area contributed by atoms with Gasteiger partial charge in [-0.1, -0.05) is 6.92 Å². The molecule has 1 saturated carbocycles. The van der Waals surface area contributed by atoms with Crippen LogP contribution >= 0.6 is 0 Å². The van der Waals surface area contributed by atoms with Gasteiger partial charge in [-0.15, -0.1) is 0 Å². The first-order valence-corrected chi connectivity index (χ1v) is 12.1. The van der Waals surface area contributed by atoms with Gasteiger partial charge in [0, 0.05) is 22.5 Å². The summed E-state index contributed by atoms with van der Waals surface area (Å²) >= 11 is 0. The number of esters is 2. The van der Waals surface area contributed by atoms with Crippen LogP contribution in [0, 0.1) is 11.8 Å². The van der Waals surface area contributed by atoms with Gasteiger partial charge in [-0.25, -0.2) is 4.79 Å². The molecule has 0 amide bonds. The molecular formula is C27H33NO7. The number of dihydropyridines is 1. The van der Waals surface area contributed by atoms with Crippen LogP contribution in [0.3, 0.4) is 0 Å². The number of allylic oxidation sites excluding steroid dienone is 3. The Balaban J connectivity index is 1.88. The lowest BCUT2D eigenvalue weighted by Crippen LogP contribution is -2.43. The molecule has 8 heteroatoms. The lowest BCUT2D eigenvalue weighted by molar-refractivity contribution is -0.151. The molecule has 0 spiro atoms. The Kier molecular flexibility index (Phi) is 7.19. The molecule has 3 atom stereocenters. The first-order valence-electron chi connectivity index (χ1n) is 12.1. The molecule has 0 aromatic heterocycles. The van der Waals surface area contributed by atoms with Crippen LogP contribution in [0.25, 0.3) is 0 Å². The van der Waals surface area contributed by atoms with Crippen LogP contribution in [0.15, 0.2) is 40.7 Å². The van der Waals surface area contributed by atoms with Crippen molar-refractivity contribution in [1.29, 1.82) is 0 Å². The summed E-state index contributed by atoms with van der Waals surface area (Å²) in [7, 11) is 4.37. The quantitative estimate of drug-likeness (QED) is 0.482. The Hall–Kier alpha value is -3.29. The number of hydrogen-bond acceptors (Lipinski definition) is 8. The van der Waals surface area contributed by atoms with Gasteiger partial charge in [0.2, 0.25) is 0 Å². The molecule has 1 aromatic carbocycles. The summed E-state index contributed by atoms with van der Waals surface area (Å²) in [5, 5.41) is 3.29. The number of carbonyl (C=O) groups is 3. The van der Waals surface area contributed by atoms with Gasteiger partial charge in [0.05, 0.1) is 32.8 Å². The summed E-state index contributed by atoms with van der Waals surface area (Å²) < 4.78 is 22.0. The highest BCUT2D eigenvalue weighted by atomic mass is 16.5. The van der Waals surface area contributed by atoms with Gasteiger partial charge in [-0.2, -0.15) is 0 Å². The van der Waals surface area contributed by atoms with E-state index in [9.17, 15) is 14.4 Å². The fraction of sp³-hybridized carbons (Fsp3) is 0.519. The third-order valence-corrected chi connectivity index (χ3v) is 7.29. The maximum Gasteiger partial charge on any atom is 0.337 e. The lowest BCUT2D eigenvalue weighted by Gasteiger charge is -2.38. The molecule has 3 aliphatic rings. The predicted molar refractivity (Wildman–Crippen MR) is 128 cm³/mol. The van der Waals surface area contributed by atoms with E-state index in [1.54, 1.807) is 25.3 Å². The molecule has 1 fully saturated rings. The SMILES string of the molecule is COC(=O)C1C(=O)C2=C(CC1C)NC(C)=C(C(=O)OC1CCCC1)C2c1cc(OC)ccc1OC. The van der Waals surface area contributed by atoms with Gasteiger partial charge in [-0.05, 0) is 63.1 Å². The molecule has 0 saturated heterocycles. The summed E-state index contributed by atoms with van der Waals surface area (Å²) in [5.74, 6) is -2.33. The first-order chi connectivity index (χ1) is 16.8. The van der Waals surface area contributed by atoms with E-state index in [4.69, 9.17) is 18.9 Å². The van der Waals surface area contributed by atoms with Crippen molar-refractivity contribution >= 4 is 17.7 Å². The van der Waals surface area contributed by atoms with Gasteiger partial charge >= 0.3 is 11.9 Å². The highest BCUT2D eigenvalue weighted by Crippen LogP contribution is 2.48. The summed E-state index contributed by atoms with van der Waals surface area (Å²) in [6.45, 7) is 3.67. The molecule has 1 N–H and O–H groups in total. The number of hydrogen-bond donors (Lipinski definition) is 1. The third-order valence-electron chi connectivity index (χ3n) is 7.29. The summed E-state index contributed by atoms with van der Waals surface area (Å²) in [5.41, 5.74) is 2.64. The third kappa shape index (κ3) is 4.54. The number of methoxy groups -OCH3 is 3. The minimum Gasteiger partial charge on any atom is -0.497 e. The fourth-order valence-electron chi connectivity index (χ4n) is 5.55. The first kappa shape index (κ1) is 24.8. The smallest absolute Gasteiger partial charge is 0.337 e. The average Bonchev–Trinajstić information content (AvgIpc) is 3.35. The van der Waals surface area contributed by atoms with Crippen LogP contribution in [0.2, 0.25) is 0 Å². The van der Waals surface area contributed by atoms with Crippen molar-refractivity contribution in [3.8, 4) is 11.5 Å². The van der Waals surface area contributed by atoms with Crippen molar-refractivity contribution in [1.82, 2.24) is 5.32 Å². The Bertz CT molecular complexity index is 1100. The van der Waals surface area contributed by atoms with Crippen molar-refractivity contribution in [3.05, 3.63) is 46.3 Å². The Morgan fingerprint density at radius 2 is 1.77 bits per heavy atom. The zero-order chi connectivity index (χ0) is 25.3. The molecule has 1 aromatic rings. The second-order valence-electron chi connectivity index (χ2n) is 9.46. The van der Waals surface area contributed by atoms with Gasteiger partial charge in [-0.3, -0.25) is 9.59 Å². The molecule has 1 heterocycles. The normalized spacial score (nSPS) is 24.6. The Morgan fingerprint density at radius 1 is 1.06 bits per heavy atom.